The van der Waals surface area contributed by atoms with E-state index in [1.165, 1.54) is 0 Å². The smallest absolute Gasteiger partial charge is 0.270 e. The Labute approximate surface area is 165 Å². The maximum Gasteiger partial charge on any atom is 0.270 e. The topological polar surface area (TPSA) is 88.6 Å². The van der Waals surface area contributed by atoms with Gasteiger partial charge in [0, 0.05) is 38.9 Å². The summed E-state index contributed by atoms with van der Waals surface area (Å²) in [6.45, 7) is 5.60. The van der Waals surface area contributed by atoms with Gasteiger partial charge in [-0.3, -0.25) is 9.69 Å². The molecule has 0 unspecified atom stereocenters. The lowest BCUT2D eigenvalue weighted by atomic mass is 10.1. The van der Waals surface area contributed by atoms with Gasteiger partial charge in [0.1, 0.15) is 11.4 Å². The normalized spacial score (nSPS) is 14.5. The van der Waals surface area contributed by atoms with E-state index in [1.807, 2.05) is 24.3 Å². The highest BCUT2D eigenvalue weighted by atomic mass is 16.5. The standard InChI is InChI=1S/C20H27N5O3/c1-27-17-4-2-16(3-5-17)6-8-21-19(26)18-7-9-22-20(24-18)23-10-11-25-12-14-28-15-13-25/h2-5,7,9H,6,8,10-15H2,1H3,(H,21,26)(H,22,23,24). The highest BCUT2D eigenvalue weighted by Gasteiger charge is 2.11. The molecule has 1 aromatic carbocycles. The molecule has 8 heteroatoms. The number of hydrogen-bond donors (Lipinski definition) is 2. The van der Waals surface area contributed by atoms with Crippen molar-refractivity contribution in [2.45, 2.75) is 6.42 Å². The molecule has 0 atom stereocenters. The lowest BCUT2D eigenvalue weighted by Gasteiger charge is -2.26. The Balaban J connectivity index is 1.42. The zero-order valence-electron chi connectivity index (χ0n) is 16.2. The second-order valence-electron chi connectivity index (χ2n) is 6.50. The summed E-state index contributed by atoms with van der Waals surface area (Å²) < 4.78 is 10.5. The Bertz CT molecular complexity index is 748. The molecule has 1 saturated heterocycles. The van der Waals surface area contributed by atoms with E-state index in [-0.39, 0.29) is 5.91 Å². The molecule has 28 heavy (non-hydrogen) atoms. The number of benzene rings is 1. The Morgan fingerprint density at radius 2 is 1.96 bits per heavy atom. The number of methoxy groups -OCH3 is 1. The minimum Gasteiger partial charge on any atom is -0.497 e. The molecule has 0 radical (unpaired) electrons. The van der Waals surface area contributed by atoms with Gasteiger partial charge in [-0.1, -0.05) is 12.1 Å². The summed E-state index contributed by atoms with van der Waals surface area (Å²) in [7, 11) is 1.64. The fourth-order valence-electron chi connectivity index (χ4n) is 2.92. The third kappa shape index (κ3) is 6.17. The summed E-state index contributed by atoms with van der Waals surface area (Å²) >= 11 is 0. The largest absolute Gasteiger partial charge is 0.497 e. The van der Waals surface area contributed by atoms with Crippen LogP contribution in [0, 0.1) is 0 Å². The van der Waals surface area contributed by atoms with Crippen molar-refractivity contribution >= 4 is 11.9 Å². The summed E-state index contributed by atoms with van der Waals surface area (Å²) in [6, 6.07) is 9.43. The van der Waals surface area contributed by atoms with Gasteiger partial charge in [0.2, 0.25) is 5.95 Å². The molecular formula is C20H27N5O3. The van der Waals surface area contributed by atoms with Gasteiger partial charge in [0.15, 0.2) is 0 Å². The molecule has 8 nitrogen and oxygen atoms in total. The molecule has 1 aromatic heterocycles. The van der Waals surface area contributed by atoms with Crippen molar-refractivity contribution in [3.63, 3.8) is 0 Å². The third-order valence-corrected chi connectivity index (χ3v) is 4.56. The van der Waals surface area contributed by atoms with Gasteiger partial charge in [-0.25, -0.2) is 9.97 Å². The fourth-order valence-corrected chi connectivity index (χ4v) is 2.92. The van der Waals surface area contributed by atoms with E-state index in [0.29, 0.717) is 18.2 Å². The van der Waals surface area contributed by atoms with Gasteiger partial charge in [0.05, 0.1) is 20.3 Å². The van der Waals surface area contributed by atoms with E-state index in [9.17, 15) is 4.79 Å². The first kappa shape index (κ1) is 20.0. The summed E-state index contributed by atoms with van der Waals surface area (Å²) in [5.74, 6) is 1.09. The van der Waals surface area contributed by atoms with Crippen molar-refractivity contribution in [1.82, 2.24) is 20.2 Å². The van der Waals surface area contributed by atoms with Crippen molar-refractivity contribution < 1.29 is 14.3 Å². The molecular weight excluding hydrogens is 358 g/mol. The predicted molar refractivity (Wildman–Crippen MR) is 107 cm³/mol. The van der Waals surface area contributed by atoms with Crippen LogP contribution in [0.1, 0.15) is 16.1 Å². The second kappa shape index (κ2) is 10.6. The molecule has 0 aliphatic carbocycles. The number of morpholine rings is 1. The molecule has 2 N–H and O–H groups in total. The van der Waals surface area contributed by atoms with Crippen LogP contribution in [0.15, 0.2) is 36.5 Å². The van der Waals surface area contributed by atoms with E-state index in [1.54, 1.807) is 19.4 Å². The Morgan fingerprint density at radius 3 is 2.71 bits per heavy atom. The van der Waals surface area contributed by atoms with Gasteiger partial charge in [0.25, 0.3) is 5.91 Å². The maximum atomic E-state index is 12.3. The number of anilines is 1. The van der Waals surface area contributed by atoms with Crippen LogP contribution >= 0.6 is 0 Å². The van der Waals surface area contributed by atoms with E-state index < -0.39 is 0 Å². The highest BCUT2D eigenvalue weighted by molar-refractivity contribution is 5.92. The number of aromatic nitrogens is 2. The van der Waals surface area contributed by atoms with Crippen LogP contribution in [0.25, 0.3) is 0 Å². The van der Waals surface area contributed by atoms with Crippen LogP contribution in [-0.4, -0.2) is 73.8 Å². The van der Waals surface area contributed by atoms with Gasteiger partial charge in [-0.2, -0.15) is 0 Å². The molecule has 1 aliphatic rings. The van der Waals surface area contributed by atoms with Gasteiger partial charge in [-0.15, -0.1) is 0 Å². The number of carbonyl (C=O) groups excluding carboxylic acids is 1. The molecule has 150 valence electrons. The highest BCUT2D eigenvalue weighted by Crippen LogP contribution is 2.11. The summed E-state index contributed by atoms with van der Waals surface area (Å²) in [4.78, 5) is 23.2. The van der Waals surface area contributed by atoms with Crippen molar-refractivity contribution in [3.05, 3.63) is 47.8 Å². The van der Waals surface area contributed by atoms with Crippen LogP contribution in [0.4, 0.5) is 5.95 Å². The molecule has 0 spiro atoms. The van der Waals surface area contributed by atoms with Crippen LogP contribution < -0.4 is 15.4 Å². The lowest BCUT2D eigenvalue weighted by molar-refractivity contribution is 0.0398. The van der Waals surface area contributed by atoms with E-state index in [0.717, 1.165) is 57.1 Å². The number of hydrogen-bond acceptors (Lipinski definition) is 7. The average molecular weight is 385 g/mol. The van der Waals surface area contributed by atoms with Crippen molar-refractivity contribution in [2.24, 2.45) is 0 Å². The number of amides is 1. The van der Waals surface area contributed by atoms with Gasteiger partial charge in [-0.05, 0) is 30.2 Å². The van der Waals surface area contributed by atoms with Gasteiger partial charge >= 0.3 is 0 Å². The first-order valence-electron chi connectivity index (χ1n) is 9.53. The van der Waals surface area contributed by atoms with E-state index in [4.69, 9.17) is 9.47 Å². The number of ether oxygens (including phenoxy) is 2. The molecule has 0 saturated carbocycles. The minimum absolute atomic E-state index is 0.202. The monoisotopic (exact) mass is 385 g/mol. The molecule has 2 heterocycles. The summed E-state index contributed by atoms with van der Waals surface area (Å²) in [5.41, 5.74) is 1.49. The molecule has 1 amide bonds. The quantitative estimate of drug-likeness (QED) is 0.671. The van der Waals surface area contributed by atoms with Gasteiger partial charge < -0.3 is 20.1 Å². The lowest BCUT2D eigenvalue weighted by Crippen LogP contribution is -2.39. The average Bonchev–Trinajstić information content (AvgIpc) is 2.75. The molecule has 0 bridgehead atoms. The first-order valence-corrected chi connectivity index (χ1v) is 9.53. The Kier molecular flexibility index (Phi) is 7.57. The van der Waals surface area contributed by atoms with Crippen molar-refractivity contribution in [2.75, 3.05) is 58.4 Å². The number of nitrogens with zero attached hydrogens (tertiary/aromatic N) is 3. The molecule has 1 aliphatic heterocycles. The third-order valence-electron chi connectivity index (χ3n) is 4.56. The Hall–Kier alpha value is -2.71. The Morgan fingerprint density at radius 1 is 1.18 bits per heavy atom. The molecule has 2 aromatic rings. The predicted octanol–water partition coefficient (Wildman–Crippen LogP) is 1.20. The number of rotatable bonds is 9. The van der Waals surface area contributed by atoms with E-state index >= 15 is 0 Å². The van der Waals surface area contributed by atoms with Crippen LogP contribution in [0.3, 0.4) is 0 Å². The minimum atomic E-state index is -0.202. The fraction of sp³-hybridized carbons (Fsp3) is 0.450. The van der Waals surface area contributed by atoms with E-state index in [2.05, 4.69) is 25.5 Å². The van der Waals surface area contributed by atoms with Crippen molar-refractivity contribution in [3.8, 4) is 5.75 Å². The van der Waals surface area contributed by atoms with Crippen LogP contribution in [0.5, 0.6) is 5.75 Å². The SMILES string of the molecule is COc1ccc(CCNC(=O)c2ccnc(NCCN3CCOCC3)n2)cc1. The number of carbonyl (C=O) groups is 1. The molecule has 3 rings (SSSR count). The number of nitrogens with one attached hydrogen (secondary N) is 2. The maximum absolute atomic E-state index is 12.3. The van der Waals surface area contributed by atoms with Crippen molar-refractivity contribution in [1.29, 1.82) is 0 Å². The first-order chi connectivity index (χ1) is 13.7. The van der Waals surface area contributed by atoms with Crippen LogP contribution in [0.2, 0.25) is 0 Å². The zero-order chi connectivity index (χ0) is 19.6. The van der Waals surface area contributed by atoms with Crippen LogP contribution in [-0.2, 0) is 11.2 Å². The zero-order valence-corrected chi connectivity index (χ0v) is 16.2. The second-order valence-corrected chi connectivity index (χ2v) is 6.50. The molecule has 1 fully saturated rings. The summed E-state index contributed by atoms with van der Waals surface area (Å²) in [6.07, 6.45) is 2.34. The summed E-state index contributed by atoms with van der Waals surface area (Å²) in [5, 5.41) is 6.08.